The van der Waals surface area contributed by atoms with Crippen LogP contribution in [-0.2, 0) is 12.5 Å². The first kappa shape index (κ1) is 21.5. The molecule has 0 aromatic carbocycles. The van der Waals surface area contributed by atoms with E-state index >= 15 is 0 Å². The molecule has 2 fully saturated rings. The SMILES string of the molecule is Cn1nnnc1SCCCN1CCN(c2cc(C3CCC3)nc(C(C)(C)C)n2)CC1. The molecule has 9 heteroatoms. The number of aromatic nitrogens is 6. The summed E-state index contributed by atoms with van der Waals surface area (Å²) in [7, 11) is 1.89. The van der Waals surface area contributed by atoms with Crippen molar-refractivity contribution in [1.82, 2.24) is 35.1 Å². The topological polar surface area (TPSA) is 75.9 Å². The molecule has 30 heavy (non-hydrogen) atoms. The minimum Gasteiger partial charge on any atom is -0.354 e. The van der Waals surface area contributed by atoms with E-state index in [0.717, 1.165) is 61.7 Å². The Morgan fingerprint density at radius 2 is 1.87 bits per heavy atom. The average Bonchev–Trinajstić information content (AvgIpc) is 3.08. The zero-order valence-corrected chi connectivity index (χ0v) is 19.5. The highest BCUT2D eigenvalue weighted by Gasteiger charge is 2.27. The van der Waals surface area contributed by atoms with Crippen LogP contribution in [0.4, 0.5) is 5.82 Å². The van der Waals surface area contributed by atoms with E-state index in [-0.39, 0.29) is 5.41 Å². The van der Waals surface area contributed by atoms with E-state index in [2.05, 4.69) is 52.2 Å². The van der Waals surface area contributed by atoms with E-state index in [1.807, 2.05) is 7.05 Å². The highest BCUT2D eigenvalue weighted by molar-refractivity contribution is 7.99. The predicted molar refractivity (Wildman–Crippen MR) is 120 cm³/mol. The minimum absolute atomic E-state index is 0.0216. The number of hydrogen-bond donors (Lipinski definition) is 0. The molecule has 4 rings (SSSR count). The van der Waals surface area contributed by atoms with Gasteiger partial charge in [0.1, 0.15) is 11.6 Å². The minimum atomic E-state index is -0.0216. The zero-order chi connectivity index (χ0) is 21.1. The number of hydrogen-bond acceptors (Lipinski definition) is 8. The maximum Gasteiger partial charge on any atom is 0.209 e. The van der Waals surface area contributed by atoms with Crippen LogP contribution in [0, 0.1) is 0 Å². The lowest BCUT2D eigenvalue weighted by Gasteiger charge is -2.36. The van der Waals surface area contributed by atoms with Gasteiger partial charge in [-0.25, -0.2) is 14.6 Å². The second-order valence-electron chi connectivity index (χ2n) is 9.47. The van der Waals surface area contributed by atoms with Gasteiger partial charge in [-0.3, -0.25) is 4.90 Å². The lowest BCUT2D eigenvalue weighted by molar-refractivity contribution is 0.258. The normalized spacial score (nSPS) is 18.6. The van der Waals surface area contributed by atoms with Gasteiger partial charge in [-0.05, 0) is 36.2 Å². The molecule has 2 aromatic heterocycles. The molecule has 0 unspecified atom stereocenters. The fourth-order valence-electron chi connectivity index (χ4n) is 3.86. The smallest absolute Gasteiger partial charge is 0.209 e. The largest absolute Gasteiger partial charge is 0.354 e. The Hall–Kier alpha value is -1.74. The summed E-state index contributed by atoms with van der Waals surface area (Å²) in [6.07, 6.45) is 5.02. The molecule has 1 aliphatic carbocycles. The molecule has 0 spiro atoms. The molecule has 1 saturated carbocycles. The molecular weight excluding hydrogens is 396 g/mol. The van der Waals surface area contributed by atoms with Gasteiger partial charge in [0.2, 0.25) is 5.16 Å². The third-order valence-corrected chi connectivity index (χ3v) is 7.15. The summed E-state index contributed by atoms with van der Waals surface area (Å²) >= 11 is 1.73. The van der Waals surface area contributed by atoms with Crippen molar-refractivity contribution in [2.24, 2.45) is 7.05 Å². The van der Waals surface area contributed by atoms with Crippen LogP contribution in [0.1, 0.15) is 63.9 Å². The molecule has 164 valence electrons. The fraction of sp³-hybridized carbons (Fsp3) is 0.762. The molecule has 1 aliphatic heterocycles. The van der Waals surface area contributed by atoms with E-state index in [0.29, 0.717) is 5.92 Å². The molecule has 2 aromatic rings. The number of thioether (sulfide) groups is 1. The molecule has 0 bridgehead atoms. The number of nitrogens with zero attached hydrogens (tertiary/aromatic N) is 8. The lowest BCUT2D eigenvalue weighted by atomic mass is 9.82. The summed E-state index contributed by atoms with van der Waals surface area (Å²) in [5, 5.41) is 12.5. The van der Waals surface area contributed by atoms with E-state index in [4.69, 9.17) is 9.97 Å². The van der Waals surface area contributed by atoms with Gasteiger partial charge in [-0.1, -0.05) is 39.0 Å². The van der Waals surface area contributed by atoms with Gasteiger partial charge < -0.3 is 4.90 Å². The summed E-state index contributed by atoms with van der Waals surface area (Å²) < 4.78 is 1.73. The second-order valence-corrected chi connectivity index (χ2v) is 10.5. The first-order valence-corrected chi connectivity index (χ1v) is 12.1. The average molecular weight is 431 g/mol. The maximum atomic E-state index is 4.98. The van der Waals surface area contributed by atoms with Crippen LogP contribution >= 0.6 is 11.8 Å². The summed E-state index contributed by atoms with van der Waals surface area (Å²) in [5.41, 5.74) is 1.24. The number of rotatable bonds is 7. The Bertz CT molecular complexity index is 834. The molecule has 2 aliphatic rings. The third-order valence-electron chi connectivity index (χ3n) is 6.05. The Labute approximate surface area is 183 Å². The zero-order valence-electron chi connectivity index (χ0n) is 18.7. The van der Waals surface area contributed by atoms with Gasteiger partial charge >= 0.3 is 0 Å². The molecule has 3 heterocycles. The standard InChI is InChI=1S/C21H34N8S/c1-21(2,3)19-22-17(16-7-5-8-16)15-18(23-19)29-12-10-28(11-13-29)9-6-14-30-20-24-25-26-27(20)4/h15-16H,5-14H2,1-4H3. The van der Waals surface area contributed by atoms with Crippen molar-refractivity contribution in [2.75, 3.05) is 43.4 Å². The van der Waals surface area contributed by atoms with Crippen LogP contribution in [0.25, 0.3) is 0 Å². The number of tetrazole rings is 1. The van der Waals surface area contributed by atoms with E-state index in [1.165, 1.54) is 25.0 Å². The van der Waals surface area contributed by atoms with Gasteiger partial charge in [0.05, 0.1) is 0 Å². The molecular formula is C21H34N8S. The van der Waals surface area contributed by atoms with Crippen LogP contribution in [-0.4, -0.2) is 73.6 Å². The Balaban J connectivity index is 1.30. The van der Waals surface area contributed by atoms with Crippen LogP contribution in [0.5, 0.6) is 0 Å². The van der Waals surface area contributed by atoms with Crippen molar-refractivity contribution in [3.63, 3.8) is 0 Å². The quantitative estimate of drug-likeness (QED) is 0.490. The van der Waals surface area contributed by atoms with Gasteiger partial charge in [0, 0.05) is 62.1 Å². The van der Waals surface area contributed by atoms with Crippen LogP contribution in [0.3, 0.4) is 0 Å². The van der Waals surface area contributed by atoms with E-state index in [9.17, 15) is 0 Å². The van der Waals surface area contributed by atoms with Crippen molar-refractivity contribution in [2.45, 2.75) is 62.9 Å². The molecule has 0 radical (unpaired) electrons. The summed E-state index contributed by atoms with van der Waals surface area (Å²) in [6.45, 7) is 12.0. The summed E-state index contributed by atoms with van der Waals surface area (Å²) in [5.74, 6) is 3.79. The van der Waals surface area contributed by atoms with Crippen molar-refractivity contribution in [1.29, 1.82) is 0 Å². The fourth-order valence-corrected chi connectivity index (χ4v) is 4.63. The monoisotopic (exact) mass is 430 g/mol. The first-order chi connectivity index (χ1) is 14.4. The van der Waals surface area contributed by atoms with Gasteiger partial charge in [0.25, 0.3) is 0 Å². The highest BCUT2D eigenvalue weighted by Crippen LogP contribution is 2.37. The van der Waals surface area contributed by atoms with Crippen LogP contribution < -0.4 is 4.90 Å². The van der Waals surface area contributed by atoms with Crippen molar-refractivity contribution in [3.8, 4) is 0 Å². The van der Waals surface area contributed by atoms with Crippen molar-refractivity contribution >= 4 is 17.6 Å². The second kappa shape index (κ2) is 9.18. The van der Waals surface area contributed by atoms with Crippen LogP contribution in [0.2, 0.25) is 0 Å². The van der Waals surface area contributed by atoms with E-state index < -0.39 is 0 Å². The molecule has 1 saturated heterocycles. The number of piperazine rings is 1. The van der Waals surface area contributed by atoms with Crippen LogP contribution in [0.15, 0.2) is 11.2 Å². The first-order valence-electron chi connectivity index (χ1n) is 11.1. The van der Waals surface area contributed by atoms with Crippen molar-refractivity contribution < 1.29 is 0 Å². The molecule has 0 N–H and O–H groups in total. The van der Waals surface area contributed by atoms with Gasteiger partial charge in [-0.2, -0.15) is 0 Å². The molecule has 0 amide bonds. The number of aryl methyl sites for hydroxylation is 1. The number of anilines is 1. The Morgan fingerprint density at radius 3 is 2.47 bits per heavy atom. The summed E-state index contributed by atoms with van der Waals surface area (Å²) in [4.78, 5) is 14.9. The van der Waals surface area contributed by atoms with Crippen molar-refractivity contribution in [3.05, 3.63) is 17.6 Å². The molecule has 0 atom stereocenters. The van der Waals surface area contributed by atoms with Gasteiger partial charge in [0.15, 0.2) is 0 Å². The van der Waals surface area contributed by atoms with Gasteiger partial charge in [-0.15, -0.1) is 5.10 Å². The maximum absolute atomic E-state index is 4.98. The predicted octanol–water partition coefficient (Wildman–Crippen LogP) is 2.87. The molecule has 8 nitrogen and oxygen atoms in total. The highest BCUT2D eigenvalue weighted by atomic mass is 32.2. The Kier molecular flexibility index (Phi) is 6.57. The third kappa shape index (κ3) is 5.11. The summed E-state index contributed by atoms with van der Waals surface area (Å²) in [6, 6.07) is 2.26. The lowest BCUT2D eigenvalue weighted by Crippen LogP contribution is -2.47. The van der Waals surface area contributed by atoms with E-state index in [1.54, 1.807) is 16.4 Å². The Morgan fingerprint density at radius 1 is 1.10 bits per heavy atom.